The molecule has 2 rings (SSSR count). The molecule has 0 radical (unpaired) electrons. The smallest absolute Gasteiger partial charge is 0.272 e. The fourth-order valence-corrected chi connectivity index (χ4v) is 1.71. The lowest BCUT2D eigenvalue weighted by atomic mass is 10.2. The average Bonchev–Trinajstić information content (AvgIpc) is 2.77. The highest BCUT2D eigenvalue weighted by Crippen LogP contribution is 2.20. The lowest BCUT2D eigenvalue weighted by Gasteiger charge is -2.07. The number of nitro benzene ring substituents is 1. The highest BCUT2D eigenvalue weighted by atomic mass is 19.1. The zero-order chi connectivity index (χ0) is 13.8. The molecule has 0 atom stereocenters. The topological polar surface area (TPSA) is 73.0 Å². The number of rotatable bonds is 5. The van der Waals surface area contributed by atoms with Crippen LogP contribution in [0.25, 0.3) is 0 Å². The summed E-state index contributed by atoms with van der Waals surface area (Å²) in [5.74, 6) is -0.626. The second-order valence-corrected chi connectivity index (χ2v) is 4.09. The molecule has 1 N–H and O–H groups in total. The van der Waals surface area contributed by atoms with E-state index < -0.39 is 10.7 Å². The van der Waals surface area contributed by atoms with Gasteiger partial charge >= 0.3 is 0 Å². The zero-order valence-electron chi connectivity index (χ0n) is 10.3. The number of aryl methyl sites for hydroxylation is 1. The summed E-state index contributed by atoms with van der Waals surface area (Å²) in [6, 6.07) is 3.55. The van der Waals surface area contributed by atoms with Crippen molar-refractivity contribution in [1.29, 1.82) is 0 Å². The molecule has 7 heteroatoms. The number of non-ortho nitro benzene ring substituents is 1. The largest absolute Gasteiger partial charge is 0.382 e. The number of hydrogen-bond acceptors (Lipinski definition) is 4. The maximum Gasteiger partial charge on any atom is 0.272 e. The number of hydrogen-bond donors (Lipinski definition) is 1. The summed E-state index contributed by atoms with van der Waals surface area (Å²) >= 11 is 0. The van der Waals surface area contributed by atoms with Gasteiger partial charge in [0, 0.05) is 38.0 Å². The van der Waals surface area contributed by atoms with E-state index in [4.69, 9.17) is 0 Å². The first-order valence-corrected chi connectivity index (χ1v) is 5.71. The Balaban J connectivity index is 1.96. The molecule has 1 aromatic heterocycles. The van der Waals surface area contributed by atoms with Gasteiger partial charge < -0.3 is 9.88 Å². The Morgan fingerprint density at radius 3 is 2.89 bits per heavy atom. The summed E-state index contributed by atoms with van der Waals surface area (Å²) in [6.07, 6.45) is 4.13. The minimum atomic E-state index is -0.626. The number of nitrogens with zero attached hydrogens (tertiary/aromatic N) is 3. The number of aromatic nitrogens is 2. The Kier molecular flexibility index (Phi) is 3.74. The maximum atomic E-state index is 13.6. The SMILES string of the molecule is Cn1cncc1CCNc1ccc([N+](=O)[O-])cc1F. The Morgan fingerprint density at radius 1 is 1.53 bits per heavy atom. The number of anilines is 1. The van der Waals surface area contributed by atoms with Crippen LogP contribution in [0.15, 0.2) is 30.7 Å². The van der Waals surface area contributed by atoms with Crippen molar-refractivity contribution in [3.8, 4) is 0 Å². The summed E-state index contributed by atoms with van der Waals surface area (Å²) in [5, 5.41) is 13.4. The molecule has 0 aliphatic carbocycles. The van der Waals surface area contributed by atoms with Crippen molar-refractivity contribution in [1.82, 2.24) is 9.55 Å². The minimum Gasteiger partial charge on any atom is -0.382 e. The molecule has 0 bridgehead atoms. The van der Waals surface area contributed by atoms with Crippen molar-refractivity contribution in [2.24, 2.45) is 7.05 Å². The standard InChI is InChI=1S/C12H13FN4O2/c1-16-8-14-7-10(16)4-5-15-12-3-2-9(17(18)19)6-11(12)13/h2-3,6-8,15H,4-5H2,1H3. The molecule has 0 fully saturated rings. The normalized spacial score (nSPS) is 10.4. The van der Waals surface area contributed by atoms with E-state index in [0.717, 1.165) is 11.8 Å². The van der Waals surface area contributed by atoms with Gasteiger partial charge in [0.05, 0.1) is 23.0 Å². The van der Waals surface area contributed by atoms with E-state index in [1.165, 1.54) is 12.1 Å². The van der Waals surface area contributed by atoms with Gasteiger partial charge in [-0.25, -0.2) is 9.37 Å². The molecule has 100 valence electrons. The van der Waals surface area contributed by atoms with Crippen LogP contribution in [0.4, 0.5) is 15.8 Å². The van der Waals surface area contributed by atoms with Gasteiger partial charge in [0.15, 0.2) is 5.82 Å². The molecule has 0 aliphatic rings. The van der Waals surface area contributed by atoms with Gasteiger partial charge in [0.1, 0.15) is 0 Å². The highest BCUT2D eigenvalue weighted by Gasteiger charge is 2.10. The molecule has 0 spiro atoms. The van der Waals surface area contributed by atoms with Crippen LogP contribution in [-0.4, -0.2) is 21.0 Å². The third kappa shape index (κ3) is 3.06. The Morgan fingerprint density at radius 2 is 2.32 bits per heavy atom. The van der Waals surface area contributed by atoms with Crippen LogP contribution in [0.1, 0.15) is 5.69 Å². The summed E-state index contributed by atoms with van der Waals surface area (Å²) in [6.45, 7) is 0.522. The van der Waals surface area contributed by atoms with Crippen molar-refractivity contribution in [3.05, 3.63) is 52.3 Å². The molecule has 1 heterocycles. The number of halogens is 1. The summed E-state index contributed by atoms with van der Waals surface area (Å²) < 4.78 is 15.5. The second-order valence-electron chi connectivity index (χ2n) is 4.09. The van der Waals surface area contributed by atoms with Crippen molar-refractivity contribution in [2.45, 2.75) is 6.42 Å². The van der Waals surface area contributed by atoms with Crippen molar-refractivity contribution < 1.29 is 9.31 Å². The molecule has 19 heavy (non-hydrogen) atoms. The fraction of sp³-hybridized carbons (Fsp3) is 0.250. The molecule has 0 unspecified atom stereocenters. The Bertz CT molecular complexity index is 597. The molecule has 0 amide bonds. The lowest BCUT2D eigenvalue weighted by molar-refractivity contribution is -0.385. The van der Waals surface area contributed by atoms with E-state index in [1.54, 1.807) is 12.5 Å². The van der Waals surface area contributed by atoms with Crippen LogP contribution in [0, 0.1) is 15.9 Å². The van der Waals surface area contributed by atoms with Crippen LogP contribution in [0.2, 0.25) is 0 Å². The lowest BCUT2D eigenvalue weighted by Crippen LogP contribution is -2.08. The van der Waals surface area contributed by atoms with Crippen LogP contribution < -0.4 is 5.32 Å². The highest BCUT2D eigenvalue weighted by molar-refractivity contribution is 5.50. The van der Waals surface area contributed by atoms with Crippen LogP contribution in [0.5, 0.6) is 0 Å². The van der Waals surface area contributed by atoms with Gasteiger partial charge in [0.2, 0.25) is 0 Å². The monoisotopic (exact) mass is 264 g/mol. The summed E-state index contributed by atoms with van der Waals surface area (Å²) in [4.78, 5) is 13.8. The molecule has 0 saturated carbocycles. The molecular formula is C12H13FN4O2. The van der Waals surface area contributed by atoms with E-state index in [2.05, 4.69) is 10.3 Å². The average molecular weight is 264 g/mol. The molecule has 0 aliphatic heterocycles. The number of nitrogens with one attached hydrogen (secondary N) is 1. The van der Waals surface area contributed by atoms with E-state index >= 15 is 0 Å². The third-order valence-corrected chi connectivity index (χ3v) is 2.78. The van der Waals surface area contributed by atoms with Gasteiger partial charge in [-0.3, -0.25) is 10.1 Å². The first kappa shape index (κ1) is 13.0. The minimum absolute atomic E-state index is 0.255. The first-order chi connectivity index (χ1) is 9.08. The van der Waals surface area contributed by atoms with E-state index in [-0.39, 0.29) is 11.4 Å². The quantitative estimate of drug-likeness (QED) is 0.663. The maximum absolute atomic E-state index is 13.6. The predicted octanol–water partition coefficient (Wildman–Crippen LogP) is 2.12. The van der Waals surface area contributed by atoms with Crippen molar-refractivity contribution in [3.63, 3.8) is 0 Å². The fourth-order valence-electron chi connectivity index (χ4n) is 1.71. The van der Waals surface area contributed by atoms with E-state index in [1.807, 2.05) is 11.6 Å². The third-order valence-electron chi connectivity index (χ3n) is 2.78. The van der Waals surface area contributed by atoms with Gasteiger partial charge in [-0.2, -0.15) is 0 Å². The summed E-state index contributed by atoms with van der Waals surface area (Å²) in [7, 11) is 1.88. The number of nitro groups is 1. The van der Waals surface area contributed by atoms with Gasteiger partial charge in [-0.05, 0) is 6.07 Å². The number of benzene rings is 1. The van der Waals surface area contributed by atoms with E-state index in [9.17, 15) is 14.5 Å². The first-order valence-electron chi connectivity index (χ1n) is 5.71. The molecule has 6 nitrogen and oxygen atoms in total. The Hall–Kier alpha value is -2.44. The zero-order valence-corrected chi connectivity index (χ0v) is 10.3. The molecule has 1 aromatic carbocycles. The van der Waals surface area contributed by atoms with E-state index in [0.29, 0.717) is 13.0 Å². The predicted molar refractivity (Wildman–Crippen MR) is 68.5 cm³/mol. The summed E-state index contributed by atoms with van der Waals surface area (Å²) in [5.41, 5.74) is 1.03. The van der Waals surface area contributed by atoms with Crippen molar-refractivity contribution >= 4 is 11.4 Å². The molecule has 0 saturated heterocycles. The molecular weight excluding hydrogens is 251 g/mol. The van der Waals surface area contributed by atoms with Gasteiger partial charge in [-0.1, -0.05) is 0 Å². The number of imidazole rings is 1. The second kappa shape index (κ2) is 5.47. The van der Waals surface area contributed by atoms with Crippen LogP contribution >= 0.6 is 0 Å². The Labute approximate surface area is 109 Å². The van der Waals surface area contributed by atoms with Crippen molar-refractivity contribution in [2.75, 3.05) is 11.9 Å². The molecule has 2 aromatic rings. The van der Waals surface area contributed by atoms with Gasteiger partial charge in [0.25, 0.3) is 5.69 Å². The van der Waals surface area contributed by atoms with Gasteiger partial charge in [-0.15, -0.1) is 0 Å². The van der Waals surface area contributed by atoms with Crippen LogP contribution in [0.3, 0.4) is 0 Å². The van der Waals surface area contributed by atoms with Crippen LogP contribution in [-0.2, 0) is 13.5 Å².